The molecule has 1 N–H and O–H groups in total. The molecule has 1 unspecified atom stereocenters. The first-order valence-electron chi connectivity index (χ1n) is 7.84. The van der Waals surface area contributed by atoms with Crippen LogP contribution < -0.4 is 4.90 Å². The van der Waals surface area contributed by atoms with Crippen LogP contribution in [-0.4, -0.2) is 62.0 Å². The molecule has 2 aliphatic rings. The van der Waals surface area contributed by atoms with Crippen LogP contribution in [0.4, 0.5) is 14.5 Å². The molecule has 122 valence electrons. The number of aliphatic hydroxyl groups excluding tert-OH is 1. The molecule has 0 radical (unpaired) electrons. The molecule has 6 heteroatoms. The number of anilines is 1. The van der Waals surface area contributed by atoms with E-state index >= 15 is 0 Å². The lowest BCUT2D eigenvalue weighted by atomic mass is 10.0. The summed E-state index contributed by atoms with van der Waals surface area (Å²) in [7, 11) is 0. The minimum absolute atomic E-state index is 0.368. The fourth-order valence-electron chi connectivity index (χ4n) is 3.31. The molecule has 4 nitrogen and oxygen atoms in total. The van der Waals surface area contributed by atoms with Crippen LogP contribution in [0.2, 0.25) is 0 Å². The summed E-state index contributed by atoms with van der Waals surface area (Å²) in [5, 5.41) is 10.3. The second kappa shape index (κ2) is 6.89. The normalized spacial score (nSPS) is 20.8. The molecule has 1 aromatic carbocycles. The molecule has 0 saturated carbocycles. The predicted octanol–water partition coefficient (Wildman–Crippen LogP) is 1.41. The number of fused-ring (bicyclic) bond motifs is 1. The number of nitrogens with zero attached hydrogens (tertiary/aromatic N) is 2. The Bertz CT molecular complexity index is 521. The number of β-amino-alcohol motifs (C(OH)–C–C–N with tert-alkyl or cyclic N) is 1. The molecular weight excluding hydrogens is 290 g/mol. The van der Waals surface area contributed by atoms with Crippen LogP contribution in [0.1, 0.15) is 12.0 Å². The molecule has 0 amide bonds. The fraction of sp³-hybridized carbons (Fsp3) is 0.625. The van der Waals surface area contributed by atoms with Crippen molar-refractivity contribution >= 4 is 5.69 Å². The summed E-state index contributed by atoms with van der Waals surface area (Å²) >= 11 is 0. The highest BCUT2D eigenvalue weighted by molar-refractivity contribution is 5.57. The van der Waals surface area contributed by atoms with Gasteiger partial charge in [-0.25, -0.2) is 8.78 Å². The van der Waals surface area contributed by atoms with Gasteiger partial charge in [0.25, 0.3) is 0 Å². The summed E-state index contributed by atoms with van der Waals surface area (Å²) in [6.07, 6.45) is 0.966. The topological polar surface area (TPSA) is 35.9 Å². The Labute approximate surface area is 129 Å². The Hall–Kier alpha value is -1.24. The molecule has 0 aromatic heterocycles. The smallest absolute Gasteiger partial charge is 0.149 e. The van der Waals surface area contributed by atoms with Crippen LogP contribution in [0.3, 0.4) is 0 Å². The van der Waals surface area contributed by atoms with Crippen molar-refractivity contribution in [3.05, 3.63) is 29.3 Å². The van der Waals surface area contributed by atoms with Gasteiger partial charge in [0.2, 0.25) is 0 Å². The molecule has 3 rings (SSSR count). The Morgan fingerprint density at radius 3 is 2.68 bits per heavy atom. The number of hydrogen-bond donors (Lipinski definition) is 1. The lowest BCUT2D eigenvalue weighted by Gasteiger charge is -2.35. The van der Waals surface area contributed by atoms with Gasteiger partial charge < -0.3 is 14.7 Å². The monoisotopic (exact) mass is 312 g/mol. The third-order valence-electron chi connectivity index (χ3n) is 4.30. The Morgan fingerprint density at radius 2 is 1.91 bits per heavy atom. The van der Waals surface area contributed by atoms with Gasteiger partial charge in [0.15, 0.2) is 0 Å². The van der Waals surface area contributed by atoms with Crippen molar-refractivity contribution in [2.24, 2.45) is 0 Å². The van der Waals surface area contributed by atoms with Crippen molar-refractivity contribution in [2.75, 3.05) is 50.8 Å². The van der Waals surface area contributed by atoms with Crippen LogP contribution in [0.25, 0.3) is 0 Å². The van der Waals surface area contributed by atoms with E-state index in [-0.39, 0.29) is 0 Å². The van der Waals surface area contributed by atoms with Crippen molar-refractivity contribution in [1.29, 1.82) is 0 Å². The van der Waals surface area contributed by atoms with Crippen LogP contribution >= 0.6 is 0 Å². The van der Waals surface area contributed by atoms with Crippen molar-refractivity contribution in [1.82, 2.24) is 4.90 Å². The zero-order chi connectivity index (χ0) is 15.5. The van der Waals surface area contributed by atoms with E-state index in [0.29, 0.717) is 50.5 Å². The van der Waals surface area contributed by atoms with Gasteiger partial charge >= 0.3 is 0 Å². The van der Waals surface area contributed by atoms with Crippen LogP contribution in [0.15, 0.2) is 12.1 Å². The lowest BCUT2D eigenvalue weighted by Crippen LogP contribution is -2.45. The summed E-state index contributed by atoms with van der Waals surface area (Å²) in [5.41, 5.74) is 1.15. The first-order valence-corrected chi connectivity index (χ1v) is 7.84. The largest absolute Gasteiger partial charge is 0.390 e. The summed E-state index contributed by atoms with van der Waals surface area (Å²) in [6.45, 7) is 4.61. The summed E-state index contributed by atoms with van der Waals surface area (Å²) in [5.74, 6) is -1.07. The van der Waals surface area contributed by atoms with E-state index in [0.717, 1.165) is 25.6 Å². The summed E-state index contributed by atoms with van der Waals surface area (Å²) in [6, 6.07) is 2.32. The minimum atomic E-state index is -0.562. The third-order valence-corrected chi connectivity index (χ3v) is 4.30. The standard InChI is InChI=1S/C16H22F2N2O2/c17-13-8-12-2-1-3-20(16(12)15(18)9-13)11-14(21)10-19-4-6-22-7-5-19/h8-9,14,21H,1-7,10-11H2. The van der Waals surface area contributed by atoms with Gasteiger partial charge in [-0.05, 0) is 24.5 Å². The minimum Gasteiger partial charge on any atom is -0.390 e. The Kier molecular flexibility index (Phi) is 4.90. The second-order valence-electron chi connectivity index (χ2n) is 6.01. The summed E-state index contributed by atoms with van der Waals surface area (Å²) < 4.78 is 32.7. The predicted molar refractivity (Wildman–Crippen MR) is 80.2 cm³/mol. The molecule has 1 fully saturated rings. The third kappa shape index (κ3) is 3.56. The molecule has 22 heavy (non-hydrogen) atoms. The molecule has 0 spiro atoms. The number of morpholine rings is 1. The highest BCUT2D eigenvalue weighted by atomic mass is 19.1. The number of halogens is 2. The molecule has 1 atom stereocenters. The number of hydrogen-bond acceptors (Lipinski definition) is 4. The number of rotatable bonds is 4. The molecule has 1 aromatic rings. The van der Waals surface area contributed by atoms with E-state index in [9.17, 15) is 13.9 Å². The summed E-state index contributed by atoms with van der Waals surface area (Å²) in [4.78, 5) is 4.00. The SMILES string of the molecule is OC(CN1CCOCC1)CN1CCCc2cc(F)cc(F)c21. The first kappa shape index (κ1) is 15.6. The van der Waals surface area contributed by atoms with Crippen molar-refractivity contribution < 1.29 is 18.6 Å². The zero-order valence-electron chi connectivity index (χ0n) is 12.6. The van der Waals surface area contributed by atoms with E-state index in [1.165, 1.54) is 6.07 Å². The second-order valence-corrected chi connectivity index (χ2v) is 6.01. The zero-order valence-corrected chi connectivity index (χ0v) is 12.6. The molecule has 0 aliphatic carbocycles. The van der Waals surface area contributed by atoms with Crippen molar-refractivity contribution in [3.63, 3.8) is 0 Å². The van der Waals surface area contributed by atoms with E-state index in [1.54, 1.807) is 0 Å². The lowest BCUT2D eigenvalue weighted by molar-refractivity contribution is 0.0160. The Balaban J connectivity index is 1.66. The molecule has 2 aliphatic heterocycles. The van der Waals surface area contributed by atoms with E-state index in [2.05, 4.69) is 4.90 Å². The van der Waals surface area contributed by atoms with Crippen molar-refractivity contribution in [2.45, 2.75) is 18.9 Å². The molecular formula is C16H22F2N2O2. The maximum Gasteiger partial charge on any atom is 0.149 e. The van der Waals surface area contributed by atoms with Crippen LogP contribution in [0, 0.1) is 11.6 Å². The van der Waals surface area contributed by atoms with E-state index in [1.807, 2.05) is 4.90 Å². The van der Waals surface area contributed by atoms with Gasteiger partial charge in [0, 0.05) is 38.8 Å². The van der Waals surface area contributed by atoms with E-state index < -0.39 is 17.7 Å². The highest BCUT2D eigenvalue weighted by Gasteiger charge is 2.24. The first-order chi connectivity index (χ1) is 10.6. The van der Waals surface area contributed by atoms with Gasteiger partial charge in [0.05, 0.1) is 25.0 Å². The van der Waals surface area contributed by atoms with Crippen LogP contribution in [-0.2, 0) is 11.2 Å². The molecule has 2 heterocycles. The van der Waals surface area contributed by atoms with E-state index in [4.69, 9.17) is 4.74 Å². The van der Waals surface area contributed by atoms with Gasteiger partial charge in [-0.2, -0.15) is 0 Å². The molecule has 0 bridgehead atoms. The number of benzene rings is 1. The van der Waals surface area contributed by atoms with Crippen LogP contribution in [0.5, 0.6) is 0 Å². The van der Waals surface area contributed by atoms with Gasteiger partial charge in [-0.15, -0.1) is 0 Å². The maximum atomic E-state index is 14.1. The number of aliphatic hydroxyl groups is 1. The number of ether oxygens (including phenoxy) is 1. The molecule has 1 saturated heterocycles. The average Bonchev–Trinajstić information content (AvgIpc) is 2.47. The Morgan fingerprint density at radius 1 is 1.14 bits per heavy atom. The maximum absolute atomic E-state index is 14.1. The quantitative estimate of drug-likeness (QED) is 0.912. The number of aryl methyl sites for hydroxylation is 1. The fourth-order valence-corrected chi connectivity index (χ4v) is 3.31. The average molecular weight is 312 g/mol. The van der Waals surface area contributed by atoms with Gasteiger partial charge in [-0.3, -0.25) is 4.90 Å². The van der Waals surface area contributed by atoms with Gasteiger partial charge in [0.1, 0.15) is 11.6 Å². The van der Waals surface area contributed by atoms with Gasteiger partial charge in [-0.1, -0.05) is 0 Å². The van der Waals surface area contributed by atoms with Crippen molar-refractivity contribution in [3.8, 4) is 0 Å². The highest BCUT2D eigenvalue weighted by Crippen LogP contribution is 2.31.